The molecular weight excluding hydrogens is 272 g/mol. The Morgan fingerprint density at radius 2 is 2.05 bits per heavy atom. The zero-order valence-electron chi connectivity index (χ0n) is 13.2. The molecule has 2 aromatic carbocycles. The van der Waals surface area contributed by atoms with Gasteiger partial charge in [-0.1, -0.05) is 23.8 Å². The fraction of sp³-hybridized carbons (Fsp3) is 0.316. The molecular formula is C19H22N2O. The molecule has 1 amide bonds. The third-order valence-corrected chi connectivity index (χ3v) is 4.18. The van der Waals surface area contributed by atoms with Crippen molar-refractivity contribution in [1.29, 1.82) is 0 Å². The van der Waals surface area contributed by atoms with Crippen LogP contribution in [0.3, 0.4) is 0 Å². The van der Waals surface area contributed by atoms with E-state index in [0.29, 0.717) is 6.42 Å². The first kappa shape index (κ1) is 14.6. The molecule has 1 aliphatic heterocycles. The highest BCUT2D eigenvalue weighted by molar-refractivity contribution is 5.92. The average molecular weight is 294 g/mol. The largest absolute Gasteiger partial charge is 0.385 e. The molecule has 3 heteroatoms. The van der Waals surface area contributed by atoms with E-state index < -0.39 is 0 Å². The zero-order valence-corrected chi connectivity index (χ0v) is 13.2. The first-order valence-corrected chi connectivity index (χ1v) is 7.84. The number of hydrogen-bond acceptors (Lipinski definition) is 2. The van der Waals surface area contributed by atoms with Crippen molar-refractivity contribution in [3.63, 3.8) is 0 Å². The van der Waals surface area contributed by atoms with Crippen LogP contribution in [0.1, 0.15) is 28.7 Å². The van der Waals surface area contributed by atoms with Crippen LogP contribution in [-0.2, 0) is 17.6 Å². The second-order valence-corrected chi connectivity index (χ2v) is 6.06. The number of hydrogen-bond donors (Lipinski definition) is 2. The molecule has 1 heterocycles. The number of rotatable bonds is 3. The number of aryl methyl sites for hydroxylation is 3. The molecule has 114 valence electrons. The normalized spacial score (nSPS) is 13.2. The van der Waals surface area contributed by atoms with Crippen molar-refractivity contribution >= 4 is 17.3 Å². The van der Waals surface area contributed by atoms with E-state index >= 15 is 0 Å². The van der Waals surface area contributed by atoms with Crippen LogP contribution in [0.4, 0.5) is 11.4 Å². The number of benzene rings is 2. The Hall–Kier alpha value is -2.29. The Morgan fingerprint density at radius 3 is 2.91 bits per heavy atom. The van der Waals surface area contributed by atoms with Gasteiger partial charge in [0, 0.05) is 17.9 Å². The van der Waals surface area contributed by atoms with Crippen LogP contribution in [0.25, 0.3) is 0 Å². The van der Waals surface area contributed by atoms with Crippen molar-refractivity contribution in [2.24, 2.45) is 0 Å². The first-order valence-electron chi connectivity index (χ1n) is 7.84. The van der Waals surface area contributed by atoms with Crippen LogP contribution < -0.4 is 10.6 Å². The van der Waals surface area contributed by atoms with Gasteiger partial charge < -0.3 is 10.6 Å². The lowest BCUT2D eigenvalue weighted by Crippen LogP contribution is -2.16. The van der Waals surface area contributed by atoms with Gasteiger partial charge in [-0.2, -0.15) is 0 Å². The highest BCUT2D eigenvalue weighted by Crippen LogP contribution is 2.25. The molecule has 1 aliphatic rings. The van der Waals surface area contributed by atoms with Gasteiger partial charge in [0.1, 0.15) is 0 Å². The van der Waals surface area contributed by atoms with Gasteiger partial charge in [-0.3, -0.25) is 4.79 Å². The van der Waals surface area contributed by atoms with Gasteiger partial charge in [-0.25, -0.2) is 0 Å². The summed E-state index contributed by atoms with van der Waals surface area (Å²) in [7, 11) is 0. The van der Waals surface area contributed by atoms with E-state index in [2.05, 4.69) is 47.9 Å². The Balaban J connectivity index is 1.70. The van der Waals surface area contributed by atoms with E-state index in [1.165, 1.54) is 16.8 Å². The molecule has 3 rings (SSSR count). The van der Waals surface area contributed by atoms with Gasteiger partial charge in [-0.15, -0.1) is 0 Å². The molecule has 0 radical (unpaired) electrons. The van der Waals surface area contributed by atoms with E-state index in [1.807, 2.05) is 13.0 Å². The molecule has 0 bridgehead atoms. The molecule has 0 unspecified atom stereocenters. The maximum absolute atomic E-state index is 12.3. The summed E-state index contributed by atoms with van der Waals surface area (Å²) in [4.78, 5) is 12.3. The second-order valence-electron chi connectivity index (χ2n) is 6.06. The van der Waals surface area contributed by atoms with E-state index in [4.69, 9.17) is 0 Å². The Kier molecular flexibility index (Phi) is 4.14. The molecule has 0 atom stereocenters. The minimum atomic E-state index is 0.0393. The zero-order chi connectivity index (χ0) is 15.5. The Bertz CT molecular complexity index is 707. The standard InChI is InChI=1S/C19H22N2O/c1-13-5-6-14(2)16(10-13)12-19(22)21-17-7-8-18-15(11-17)4-3-9-20-18/h5-8,10-11,20H,3-4,9,12H2,1-2H3,(H,21,22). The summed E-state index contributed by atoms with van der Waals surface area (Å²) in [6.07, 6.45) is 2.64. The van der Waals surface area contributed by atoms with E-state index in [0.717, 1.165) is 36.2 Å². The molecule has 0 aliphatic carbocycles. The maximum atomic E-state index is 12.3. The highest BCUT2D eigenvalue weighted by Gasteiger charge is 2.11. The van der Waals surface area contributed by atoms with Crippen LogP contribution >= 0.6 is 0 Å². The minimum absolute atomic E-state index is 0.0393. The SMILES string of the molecule is Cc1ccc(C)c(CC(=O)Nc2ccc3c(c2)CCCN3)c1. The van der Waals surface area contributed by atoms with Gasteiger partial charge in [0.15, 0.2) is 0 Å². The van der Waals surface area contributed by atoms with Crippen LogP contribution in [0.15, 0.2) is 36.4 Å². The number of nitrogens with one attached hydrogen (secondary N) is 2. The summed E-state index contributed by atoms with van der Waals surface area (Å²) in [5.41, 5.74) is 6.81. The fourth-order valence-electron chi connectivity index (χ4n) is 2.92. The number of fused-ring (bicyclic) bond motifs is 1. The highest BCUT2D eigenvalue weighted by atomic mass is 16.1. The summed E-state index contributed by atoms with van der Waals surface area (Å²) >= 11 is 0. The Labute approximate surface area is 131 Å². The molecule has 0 saturated heterocycles. The van der Waals surface area contributed by atoms with Crippen LogP contribution in [-0.4, -0.2) is 12.5 Å². The van der Waals surface area contributed by atoms with E-state index in [-0.39, 0.29) is 5.91 Å². The number of carbonyl (C=O) groups is 1. The quantitative estimate of drug-likeness (QED) is 0.903. The van der Waals surface area contributed by atoms with E-state index in [9.17, 15) is 4.79 Å². The lowest BCUT2D eigenvalue weighted by atomic mass is 10.0. The molecule has 3 nitrogen and oxygen atoms in total. The topological polar surface area (TPSA) is 41.1 Å². The number of anilines is 2. The molecule has 2 aromatic rings. The maximum Gasteiger partial charge on any atom is 0.228 e. The van der Waals surface area contributed by atoms with Crippen molar-refractivity contribution in [3.8, 4) is 0 Å². The van der Waals surface area contributed by atoms with Crippen molar-refractivity contribution in [2.75, 3.05) is 17.2 Å². The minimum Gasteiger partial charge on any atom is -0.385 e. The summed E-state index contributed by atoms with van der Waals surface area (Å²) in [5.74, 6) is 0.0393. The molecule has 22 heavy (non-hydrogen) atoms. The monoisotopic (exact) mass is 294 g/mol. The van der Waals surface area contributed by atoms with Crippen LogP contribution in [0.5, 0.6) is 0 Å². The first-order chi connectivity index (χ1) is 10.6. The van der Waals surface area contributed by atoms with Crippen molar-refractivity contribution in [2.45, 2.75) is 33.1 Å². The Morgan fingerprint density at radius 1 is 1.18 bits per heavy atom. The smallest absolute Gasteiger partial charge is 0.228 e. The number of carbonyl (C=O) groups excluding carboxylic acids is 1. The summed E-state index contributed by atoms with van der Waals surface area (Å²) in [5, 5.41) is 6.40. The fourth-order valence-corrected chi connectivity index (χ4v) is 2.92. The average Bonchev–Trinajstić information content (AvgIpc) is 2.51. The van der Waals surface area contributed by atoms with Gasteiger partial charge in [0.25, 0.3) is 0 Å². The van der Waals surface area contributed by atoms with Crippen LogP contribution in [0, 0.1) is 13.8 Å². The third-order valence-electron chi connectivity index (χ3n) is 4.18. The molecule has 0 fully saturated rings. The lowest BCUT2D eigenvalue weighted by Gasteiger charge is -2.19. The molecule has 0 spiro atoms. The van der Waals surface area contributed by atoms with Crippen LogP contribution in [0.2, 0.25) is 0 Å². The molecule has 0 saturated carbocycles. The number of amides is 1. The molecule has 2 N–H and O–H groups in total. The van der Waals surface area contributed by atoms with Gasteiger partial charge in [-0.05, 0) is 61.6 Å². The van der Waals surface area contributed by atoms with Crippen molar-refractivity contribution in [3.05, 3.63) is 58.7 Å². The van der Waals surface area contributed by atoms with Gasteiger partial charge in [0.2, 0.25) is 5.91 Å². The van der Waals surface area contributed by atoms with Gasteiger partial charge in [0.05, 0.1) is 6.42 Å². The van der Waals surface area contributed by atoms with Crippen molar-refractivity contribution in [1.82, 2.24) is 0 Å². The molecule has 0 aromatic heterocycles. The predicted molar refractivity (Wildman–Crippen MR) is 91.5 cm³/mol. The lowest BCUT2D eigenvalue weighted by molar-refractivity contribution is -0.115. The van der Waals surface area contributed by atoms with Gasteiger partial charge >= 0.3 is 0 Å². The summed E-state index contributed by atoms with van der Waals surface area (Å²) < 4.78 is 0. The van der Waals surface area contributed by atoms with Crippen molar-refractivity contribution < 1.29 is 4.79 Å². The third kappa shape index (κ3) is 3.30. The predicted octanol–water partition coefficient (Wildman–Crippen LogP) is 3.84. The summed E-state index contributed by atoms with van der Waals surface area (Å²) in [6.45, 7) is 5.13. The van der Waals surface area contributed by atoms with E-state index in [1.54, 1.807) is 0 Å². The summed E-state index contributed by atoms with van der Waals surface area (Å²) in [6, 6.07) is 12.4. The second kappa shape index (κ2) is 6.22.